The van der Waals surface area contributed by atoms with Crippen LogP contribution in [-0.2, 0) is 6.42 Å². The van der Waals surface area contributed by atoms with Crippen molar-refractivity contribution < 1.29 is 14.1 Å². The highest BCUT2D eigenvalue weighted by Gasteiger charge is 2.13. The predicted octanol–water partition coefficient (Wildman–Crippen LogP) is 8.02. The number of aromatic nitrogens is 2. The minimum atomic E-state index is -0.403. The molecule has 1 heterocycles. The molecule has 0 fully saturated rings. The average molecular weight is 489 g/mol. The van der Waals surface area contributed by atoms with Crippen molar-refractivity contribution in [3.8, 4) is 39.7 Å². The highest BCUT2D eigenvalue weighted by molar-refractivity contribution is 5.91. The van der Waals surface area contributed by atoms with Crippen LogP contribution in [0.15, 0.2) is 108 Å². The van der Waals surface area contributed by atoms with Crippen LogP contribution in [0, 0.1) is 0 Å². The largest absolute Gasteiger partial charge is 0.423 e. The number of esters is 1. The number of nitrogens with zero attached hydrogens (tertiary/aromatic N) is 2. The molecule has 184 valence electrons. The molecule has 0 saturated carbocycles. The van der Waals surface area contributed by atoms with Crippen molar-refractivity contribution in [3.63, 3.8) is 0 Å². The molecule has 0 bridgehead atoms. The number of carbonyl (C=O) groups is 1. The number of benzene rings is 4. The quantitative estimate of drug-likeness (QED) is 0.119. The Morgan fingerprint density at radius 2 is 1.35 bits per heavy atom. The molecular formula is C32H28N2O3. The molecule has 5 heteroatoms. The van der Waals surface area contributed by atoms with E-state index in [2.05, 4.69) is 53.5 Å². The first kappa shape index (κ1) is 24.2. The maximum atomic E-state index is 12.2. The first-order valence-corrected chi connectivity index (χ1v) is 12.6. The molecular weight excluding hydrogens is 460 g/mol. The zero-order valence-electron chi connectivity index (χ0n) is 20.8. The minimum absolute atomic E-state index is 0.402. The van der Waals surface area contributed by atoms with Gasteiger partial charge in [-0.25, -0.2) is 4.79 Å². The molecule has 0 aliphatic rings. The third-order valence-corrected chi connectivity index (χ3v) is 6.25. The molecule has 0 spiro atoms. The lowest BCUT2D eigenvalue weighted by atomic mass is 10.0. The summed E-state index contributed by atoms with van der Waals surface area (Å²) in [6, 6.07) is 32.9. The van der Waals surface area contributed by atoms with Gasteiger partial charge in [-0.05, 0) is 65.9 Å². The summed E-state index contributed by atoms with van der Waals surface area (Å²) in [5, 5.41) is 4.15. The van der Waals surface area contributed by atoms with Crippen LogP contribution < -0.4 is 4.74 Å². The van der Waals surface area contributed by atoms with Gasteiger partial charge in [0, 0.05) is 11.1 Å². The monoisotopic (exact) mass is 488 g/mol. The summed E-state index contributed by atoms with van der Waals surface area (Å²) >= 11 is 0. The van der Waals surface area contributed by atoms with E-state index in [9.17, 15) is 4.79 Å². The number of hydrogen-bond acceptors (Lipinski definition) is 5. The third kappa shape index (κ3) is 6.01. The minimum Gasteiger partial charge on any atom is -0.423 e. The molecule has 1 aromatic heterocycles. The van der Waals surface area contributed by atoms with Gasteiger partial charge in [-0.1, -0.05) is 91.7 Å². The Labute approximate surface area is 216 Å². The maximum Gasteiger partial charge on any atom is 0.343 e. The van der Waals surface area contributed by atoms with Crippen LogP contribution in [0.5, 0.6) is 5.75 Å². The molecule has 0 radical (unpaired) electrons. The van der Waals surface area contributed by atoms with E-state index in [1.54, 1.807) is 48.5 Å². The van der Waals surface area contributed by atoms with E-state index >= 15 is 0 Å². The van der Waals surface area contributed by atoms with E-state index in [0.29, 0.717) is 23.0 Å². The average Bonchev–Trinajstić information content (AvgIpc) is 3.45. The van der Waals surface area contributed by atoms with Crippen LogP contribution in [0.1, 0.15) is 42.1 Å². The molecule has 0 aliphatic carbocycles. The first-order valence-electron chi connectivity index (χ1n) is 12.6. The van der Waals surface area contributed by atoms with Gasteiger partial charge in [0.1, 0.15) is 5.75 Å². The van der Waals surface area contributed by atoms with Gasteiger partial charge < -0.3 is 9.26 Å². The van der Waals surface area contributed by atoms with Crippen LogP contribution in [0.3, 0.4) is 0 Å². The van der Waals surface area contributed by atoms with Crippen molar-refractivity contribution in [2.45, 2.75) is 32.6 Å². The Hall–Kier alpha value is -4.51. The Balaban J connectivity index is 1.23. The van der Waals surface area contributed by atoms with Crippen molar-refractivity contribution in [3.05, 3.63) is 114 Å². The molecule has 0 amide bonds. The number of ether oxygens (including phenoxy) is 1. The fourth-order valence-corrected chi connectivity index (χ4v) is 4.12. The van der Waals surface area contributed by atoms with Crippen LogP contribution >= 0.6 is 0 Å². The van der Waals surface area contributed by atoms with E-state index in [-0.39, 0.29) is 0 Å². The lowest BCUT2D eigenvalue weighted by Crippen LogP contribution is -2.07. The standard InChI is InChI=1S/C32H28N2O3/c1-2-3-5-8-23-11-13-24(14-12-23)25-15-17-26(18-16-25)30-33-31(37-34-30)27-19-21-29(22-20-27)36-32(35)28-9-6-4-7-10-28/h4,6-7,9-22H,2-3,5,8H2,1H3. The van der Waals surface area contributed by atoms with Gasteiger partial charge in [0.05, 0.1) is 5.56 Å². The maximum absolute atomic E-state index is 12.2. The summed E-state index contributed by atoms with van der Waals surface area (Å²) < 4.78 is 10.9. The Bertz CT molecular complexity index is 1440. The summed E-state index contributed by atoms with van der Waals surface area (Å²) in [6.07, 6.45) is 4.89. The van der Waals surface area contributed by atoms with Crippen LogP contribution in [0.25, 0.3) is 34.0 Å². The topological polar surface area (TPSA) is 65.2 Å². The van der Waals surface area contributed by atoms with Gasteiger partial charge in [0.25, 0.3) is 5.89 Å². The molecule has 0 N–H and O–H groups in total. The summed E-state index contributed by atoms with van der Waals surface area (Å²) in [6.45, 7) is 2.23. The lowest BCUT2D eigenvalue weighted by molar-refractivity contribution is 0.0735. The van der Waals surface area contributed by atoms with Gasteiger partial charge in [-0.15, -0.1) is 0 Å². The molecule has 5 nitrogen and oxygen atoms in total. The van der Waals surface area contributed by atoms with E-state index < -0.39 is 5.97 Å². The molecule has 4 aromatic carbocycles. The van der Waals surface area contributed by atoms with Crippen molar-refractivity contribution in [2.24, 2.45) is 0 Å². The fourth-order valence-electron chi connectivity index (χ4n) is 4.12. The van der Waals surface area contributed by atoms with Gasteiger partial charge >= 0.3 is 5.97 Å². The van der Waals surface area contributed by atoms with Crippen molar-refractivity contribution in [1.82, 2.24) is 10.1 Å². The Kier molecular flexibility index (Phi) is 7.51. The second-order valence-electron chi connectivity index (χ2n) is 8.93. The molecule has 0 aliphatic heterocycles. The van der Waals surface area contributed by atoms with Crippen LogP contribution in [0.4, 0.5) is 0 Å². The number of rotatable bonds is 9. The highest BCUT2D eigenvalue weighted by Crippen LogP contribution is 2.27. The fraction of sp³-hybridized carbons (Fsp3) is 0.156. The van der Waals surface area contributed by atoms with Gasteiger partial charge in [-0.2, -0.15) is 4.98 Å². The second kappa shape index (κ2) is 11.5. The summed E-state index contributed by atoms with van der Waals surface area (Å²) in [4.78, 5) is 16.8. The SMILES string of the molecule is CCCCCc1ccc(-c2ccc(-c3noc(-c4ccc(OC(=O)c5ccccc5)cc4)n3)cc2)cc1. The predicted molar refractivity (Wildman–Crippen MR) is 145 cm³/mol. The highest BCUT2D eigenvalue weighted by atomic mass is 16.5. The van der Waals surface area contributed by atoms with Crippen molar-refractivity contribution in [2.75, 3.05) is 0 Å². The Morgan fingerprint density at radius 3 is 2.03 bits per heavy atom. The van der Waals surface area contributed by atoms with Gasteiger partial charge in [0.2, 0.25) is 5.82 Å². The number of aryl methyl sites for hydroxylation is 1. The third-order valence-electron chi connectivity index (χ3n) is 6.25. The van der Waals surface area contributed by atoms with Crippen LogP contribution in [-0.4, -0.2) is 16.1 Å². The summed E-state index contributed by atoms with van der Waals surface area (Å²) in [7, 11) is 0. The molecule has 5 aromatic rings. The first-order chi connectivity index (χ1) is 18.2. The van der Waals surface area contributed by atoms with E-state index in [0.717, 1.165) is 23.1 Å². The lowest BCUT2D eigenvalue weighted by Gasteiger charge is -2.05. The van der Waals surface area contributed by atoms with Gasteiger partial charge in [-0.3, -0.25) is 0 Å². The zero-order valence-corrected chi connectivity index (χ0v) is 20.8. The number of hydrogen-bond donors (Lipinski definition) is 0. The molecule has 0 atom stereocenters. The van der Waals surface area contributed by atoms with Gasteiger partial charge in [0.15, 0.2) is 0 Å². The molecule has 0 unspecified atom stereocenters. The second-order valence-corrected chi connectivity index (χ2v) is 8.93. The smallest absolute Gasteiger partial charge is 0.343 e. The van der Waals surface area contributed by atoms with E-state index in [4.69, 9.17) is 9.26 Å². The normalized spacial score (nSPS) is 10.8. The van der Waals surface area contributed by atoms with Crippen molar-refractivity contribution >= 4 is 5.97 Å². The summed E-state index contributed by atoms with van der Waals surface area (Å²) in [5.41, 5.74) is 5.84. The van der Waals surface area contributed by atoms with Crippen molar-refractivity contribution in [1.29, 1.82) is 0 Å². The zero-order chi connectivity index (χ0) is 25.5. The molecule has 5 rings (SSSR count). The number of unbranched alkanes of at least 4 members (excludes halogenated alkanes) is 2. The van der Waals surface area contributed by atoms with E-state index in [1.807, 2.05) is 18.2 Å². The van der Waals surface area contributed by atoms with E-state index in [1.165, 1.54) is 30.4 Å². The Morgan fingerprint density at radius 1 is 0.730 bits per heavy atom. The molecule has 37 heavy (non-hydrogen) atoms. The number of carbonyl (C=O) groups excluding carboxylic acids is 1. The molecule has 0 saturated heterocycles. The van der Waals surface area contributed by atoms with Crippen LogP contribution in [0.2, 0.25) is 0 Å². The summed E-state index contributed by atoms with van der Waals surface area (Å²) in [5.74, 6) is 0.966.